The largest absolute Gasteiger partial charge is 0.476 e. The van der Waals surface area contributed by atoms with E-state index in [4.69, 9.17) is 5.11 Å². The molecular formula is C11H7F2NO5S. The van der Waals surface area contributed by atoms with Crippen LogP contribution >= 0.6 is 0 Å². The summed E-state index contributed by atoms with van der Waals surface area (Å²) in [6.45, 7) is 0. The van der Waals surface area contributed by atoms with Gasteiger partial charge in [0.15, 0.2) is 21.3 Å². The SMILES string of the molecule is CS(=O)(=O)c1cc(F)c(-c2cc(C(=O)O)no2)cc1F. The Morgan fingerprint density at radius 3 is 2.40 bits per heavy atom. The third kappa shape index (κ3) is 2.52. The number of carbonyl (C=O) groups is 1. The first-order valence-corrected chi connectivity index (χ1v) is 6.99. The standard InChI is InChI=1S/C11H7F2NO5S/c1-20(17,18)10-3-6(12)5(2-7(10)13)9-4-8(11(15)16)14-19-9/h2-4H,1H3,(H,15,16). The zero-order valence-corrected chi connectivity index (χ0v) is 10.7. The lowest BCUT2D eigenvalue weighted by molar-refractivity contribution is 0.0686. The maximum absolute atomic E-state index is 13.8. The number of hydrogen-bond donors (Lipinski definition) is 1. The van der Waals surface area contributed by atoms with Crippen LogP contribution in [0.25, 0.3) is 11.3 Å². The number of carboxylic acids is 1. The molecule has 0 spiro atoms. The van der Waals surface area contributed by atoms with E-state index in [-0.39, 0.29) is 5.76 Å². The Labute approximate surface area is 111 Å². The van der Waals surface area contributed by atoms with Gasteiger partial charge >= 0.3 is 5.97 Å². The van der Waals surface area contributed by atoms with Crippen molar-refractivity contribution < 1.29 is 31.6 Å². The molecule has 0 atom stereocenters. The number of nitrogens with zero attached hydrogens (tertiary/aromatic N) is 1. The van der Waals surface area contributed by atoms with Crippen molar-refractivity contribution in [1.82, 2.24) is 5.16 Å². The van der Waals surface area contributed by atoms with E-state index in [0.717, 1.165) is 12.3 Å². The summed E-state index contributed by atoms with van der Waals surface area (Å²) in [5, 5.41) is 11.8. The summed E-state index contributed by atoms with van der Waals surface area (Å²) in [6.07, 6.45) is 0.738. The molecule has 1 N–H and O–H groups in total. The van der Waals surface area contributed by atoms with Crippen molar-refractivity contribution in [3.05, 3.63) is 35.5 Å². The van der Waals surface area contributed by atoms with Gasteiger partial charge in [0.1, 0.15) is 16.5 Å². The Hall–Kier alpha value is -2.29. The number of hydrogen-bond acceptors (Lipinski definition) is 5. The molecule has 0 aliphatic heterocycles. The van der Waals surface area contributed by atoms with Crippen LogP contribution in [0.3, 0.4) is 0 Å². The average Bonchev–Trinajstić information content (AvgIpc) is 2.79. The van der Waals surface area contributed by atoms with Crippen molar-refractivity contribution in [2.75, 3.05) is 6.26 Å². The molecule has 0 saturated heterocycles. The molecule has 0 aliphatic rings. The van der Waals surface area contributed by atoms with Crippen molar-refractivity contribution in [2.24, 2.45) is 0 Å². The predicted molar refractivity (Wildman–Crippen MR) is 61.9 cm³/mol. The summed E-state index contributed by atoms with van der Waals surface area (Å²) < 4.78 is 54.5. The molecule has 0 amide bonds. The van der Waals surface area contributed by atoms with Crippen LogP contribution in [0.1, 0.15) is 10.5 Å². The Kier molecular flexibility index (Phi) is 3.30. The number of sulfone groups is 1. The smallest absolute Gasteiger partial charge is 0.358 e. The van der Waals surface area contributed by atoms with Gasteiger partial charge in [-0.05, 0) is 12.1 Å². The van der Waals surface area contributed by atoms with Gasteiger partial charge in [0.2, 0.25) is 0 Å². The quantitative estimate of drug-likeness (QED) is 0.927. The molecule has 9 heteroatoms. The molecule has 1 aromatic heterocycles. The fraction of sp³-hybridized carbons (Fsp3) is 0.0909. The molecule has 1 heterocycles. The zero-order valence-electron chi connectivity index (χ0n) is 9.92. The number of halogens is 2. The molecule has 0 fully saturated rings. The van der Waals surface area contributed by atoms with Crippen LogP contribution in [-0.4, -0.2) is 30.9 Å². The summed E-state index contributed by atoms with van der Waals surface area (Å²) in [7, 11) is -3.92. The van der Waals surface area contributed by atoms with Gasteiger partial charge < -0.3 is 9.63 Å². The van der Waals surface area contributed by atoms with E-state index in [9.17, 15) is 22.0 Å². The second-order valence-electron chi connectivity index (χ2n) is 3.92. The molecule has 106 valence electrons. The molecule has 20 heavy (non-hydrogen) atoms. The van der Waals surface area contributed by atoms with Crippen LogP contribution in [0.5, 0.6) is 0 Å². The Balaban J connectivity index is 2.59. The third-order valence-electron chi connectivity index (χ3n) is 2.42. The van der Waals surface area contributed by atoms with Gasteiger partial charge in [0.05, 0.1) is 5.56 Å². The van der Waals surface area contributed by atoms with Gasteiger partial charge in [-0.3, -0.25) is 0 Å². The highest BCUT2D eigenvalue weighted by atomic mass is 32.2. The summed E-state index contributed by atoms with van der Waals surface area (Å²) >= 11 is 0. The van der Waals surface area contributed by atoms with Crippen LogP contribution in [-0.2, 0) is 9.84 Å². The summed E-state index contributed by atoms with van der Waals surface area (Å²) in [5.74, 6) is -3.95. The van der Waals surface area contributed by atoms with E-state index >= 15 is 0 Å². The van der Waals surface area contributed by atoms with Gasteiger partial charge in [-0.15, -0.1) is 0 Å². The fourth-order valence-electron chi connectivity index (χ4n) is 1.50. The predicted octanol–water partition coefficient (Wildman–Crippen LogP) is 1.72. The van der Waals surface area contributed by atoms with E-state index in [1.165, 1.54) is 0 Å². The second kappa shape index (κ2) is 4.67. The minimum atomic E-state index is -3.92. The van der Waals surface area contributed by atoms with Crippen LogP contribution in [0.2, 0.25) is 0 Å². The molecule has 2 rings (SSSR count). The molecule has 0 radical (unpaired) electrons. The van der Waals surface area contributed by atoms with Gasteiger partial charge in [-0.1, -0.05) is 5.16 Å². The number of benzene rings is 1. The lowest BCUT2D eigenvalue weighted by Crippen LogP contribution is -2.02. The first-order valence-electron chi connectivity index (χ1n) is 5.09. The summed E-state index contributed by atoms with van der Waals surface area (Å²) in [5.41, 5.74) is -0.901. The normalized spacial score (nSPS) is 11.6. The van der Waals surface area contributed by atoms with Crippen LogP contribution in [0, 0.1) is 11.6 Å². The highest BCUT2D eigenvalue weighted by Crippen LogP contribution is 2.28. The van der Waals surface area contributed by atoms with E-state index in [2.05, 4.69) is 9.68 Å². The zero-order chi connectivity index (χ0) is 15.1. The topological polar surface area (TPSA) is 97.5 Å². The van der Waals surface area contributed by atoms with Gasteiger partial charge in [0, 0.05) is 12.3 Å². The van der Waals surface area contributed by atoms with Gasteiger partial charge in [0.25, 0.3) is 0 Å². The Morgan fingerprint density at radius 1 is 1.25 bits per heavy atom. The summed E-state index contributed by atoms with van der Waals surface area (Å²) in [4.78, 5) is 9.82. The monoisotopic (exact) mass is 303 g/mol. The van der Waals surface area contributed by atoms with Crippen LogP contribution < -0.4 is 0 Å². The van der Waals surface area contributed by atoms with Crippen molar-refractivity contribution in [2.45, 2.75) is 4.90 Å². The second-order valence-corrected chi connectivity index (χ2v) is 5.90. The van der Waals surface area contributed by atoms with Crippen molar-refractivity contribution in [1.29, 1.82) is 0 Å². The minimum Gasteiger partial charge on any atom is -0.476 e. The number of aromatic carboxylic acids is 1. The number of rotatable bonds is 3. The fourth-order valence-corrected chi connectivity index (χ4v) is 2.24. The maximum atomic E-state index is 13.8. The molecule has 1 aromatic carbocycles. The van der Waals surface area contributed by atoms with Crippen LogP contribution in [0.4, 0.5) is 8.78 Å². The minimum absolute atomic E-state index is 0.321. The van der Waals surface area contributed by atoms with Gasteiger partial charge in [-0.2, -0.15) is 0 Å². The number of aromatic nitrogens is 1. The molecule has 6 nitrogen and oxygen atoms in total. The first kappa shape index (κ1) is 14.1. The van der Waals surface area contributed by atoms with E-state index in [1.807, 2.05) is 0 Å². The summed E-state index contributed by atoms with van der Waals surface area (Å²) in [6, 6.07) is 2.02. The molecule has 0 aliphatic carbocycles. The highest BCUT2D eigenvalue weighted by molar-refractivity contribution is 7.90. The van der Waals surface area contributed by atoms with Crippen LogP contribution in [0.15, 0.2) is 27.6 Å². The Bertz CT molecular complexity index is 797. The Morgan fingerprint density at radius 2 is 1.90 bits per heavy atom. The molecule has 2 aromatic rings. The van der Waals surface area contributed by atoms with Crippen molar-refractivity contribution in [3.8, 4) is 11.3 Å². The van der Waals surface area contributed by atoms with Crippen molar-refractivity contribution in [3.63, 3.8) is 0 Å². The molecule has 0 bridgehead atoms. The lowest BCUT2D eigenvalue weighted by atomic mass is 10.1. The molecule has 0 unspecified atom stereocenters. The van der Waals surface area contributed by atoms with E-state index < -0.39 is 43.6 Å². The van der Waals surface area contributed by atoms with E-state index in [1.54, 1.807) is 0 Å². The molecular weight excluding hydrogens is 296 g/mol. The van der Waals surface area contributed by atoms with Crippen molar-refractivity contribution >= 4 is 15.8 Å². The maximum Gasteiger partial charge on any atom is 0.358 e. The lowest BCUT2D eigenvalue weighted by Gasteiger charge is -2.04. The average molecular weight is 303 g/mol. The number of carboxylic acid groups (broad SMARTS) is 1. The third-order valence-corrected chi connectivity index (χ3v) is 3.53. The highest BCUT2D eigenvalue weighted by Gasteiger charge is 2.21. The van der Waals surface area contributed by atoms with Gasteiger partial charge in [-0.25, -0.2) is 22.0 Å². The molecule has 0 saturated carbocycles. The first-order chi connectivity index (χ1) is 9.20. The van der Waals surface area contributed by atoms with E-state index in [0.29, 0.717) is 12.1 Å².